The molecule has 0 unspecified atom stereocenters. The van der Waals surface area contributed by atoms with E-state index >= 15 is 0 Å². The molecule has 24 heavy (non-hydrogen) atoms. The zero-order valence-corrected chi connectivity index (χ0v) is 15.5. The van der Waals surface area contributed by atoms with Gasteiger partial charge in [-0.15, -0.1) is 0 Å². The summed E-state index contributed by atoms with van der Waals surface area (Å²) >= 11 is 6.46. The van der Waals surface area contributed by atoms with Crippen molar-refractivity contribution in [2.75, 3.05) is 39.3 Å². The van der Waals surface area contributed by atoms with E-state index < -0.39 is 0 Å². The highest BCUT2D eigenvalue weighted by Crippen LogP contribution is 2.17. The lowest BCUT2D eigenvalue weighted by molar-refractivity contribution is 0.0738. The monoisotopic (exact) mass is 348 g/mol. The van der Waals surface area contributed by atoms with E-state index in [2.05, 4.69) is 41.9 Å². The second-order valence-corrected chi connectivity index (χ2v) is 7.16. The molecule has 3 nitrogen and oxygen atoms in total. The number of nitrogens with zero attached hydrogens (tertiary/aromatic N) is 2. The van der Waals surface area contributed by atoms with Crippen LogP contribution in [-0.4, -0.2) is 60.3 Å². The minimum atomic E-state index is 0.234. The summed E-state index contributed by atoms with van der Waals surface area (Å²) in [6.45, 7) is 9.22. The van der Waals surface area contributed by atoms with Gasteiger partial charge in [-0.1, -0.05) is 53.6 Å². The topological polar surface area (TPSA) is 26.7 Å². The molecule has 1 N–H and O–H groups in total. The Hall–Kier alpha value is -1.13. The number of hydrogen-bond acceptors (Lipinski definition) is 3. The van der Waals surface area contributed by atoms with Crippen molar-refractivity contribution in [2.45, 2.75) is 26.3 Å². The first-order chi connectivity index (χ1) is 11.6. The van der Waals surface area contributed by atoms with E-state index in [4.69, 9.17) is 11.6 Å². The van der Waals surface area contributed by atoms with Gasteiger partial charge in [0.05, 0.1) is 0 Å². The van der Waals surface area contributed by atoms with Gasteiger partial charge in [-0.3, -0.25) is 9.80 Å². The molecule has 0 bridgehead atoms. The van der Waals surface area contributed by atoms with Gasteiger partial charge >= 0.3 is 0 Å². The highest BCUT2D eigenvalue weighted by Gasteiger charge is 2.25. The van der Waals surface area contributed by atoms with Crippen LogP contribution in [0.2, 0.25) is 0 Å². The average molecular weight is 349 g/mol. The Balaban J connectivity index is 1.93. The van der Waals surface area contributed by atoms with Crippen LogP contribution < -0.4 is 0 Å². The third-order valence-electron chi connectivity index (χ3n) is 4.38. The van der Waals surface area contributed by atoms with Crippen LogP contribution in [0.15, 0.2) is 47.0 Å². The maximum atomic E-state index is 9.38. The normalized spacial score (nSPS) is 20.2. The van der Waals surface area contributed by atoms with Crippen LogP contribution in [0.1, 0.15) is 25.8 Å². The van der Waals surface area contributed by atoms with E-state index in [1.165, 1.54) is 5.57 Å². The Kier molecular flexibility index (Phi) is 8.00. The number of aliphatic hydroxyl groups excluding tert-OH is 1. The number of piperazine rings is 1. The second-order valence-electron chi connectivity index (χ2n) is 6.68. The molecule has 1 fully saturated rings. The molecule has 0 amide bonds. The third kappa shape index (κ3) is 6.40. The molecule has 1 saturated heterocycles. The number of aliphatic hydroxyl groups is 1. The predicted octanol–water partition coefficient (Wildman–Crippen LogP) is 3.60. The van der Waals surface area contributed by atoms with Gasteiger partial charge in [0.1, 0.15) is 0 Å². The lowest BCUT2D eigenvalue weighted by Gasteiger charge is -2.41. The number of halogens is 1. The zero-order valence-electron chi connectivity index (χ0n) is 14.8. The van der Waals surface area contributed by atoms with E-state index in [9.17, 15) is 5.11 Å². The highest BCUT2D eigenvalue weighted by molar-refractivity contribution is 6.31. The third-order valence-corrected chi connectivity index (χ3v) is 4.61. The molecule has 1 atom stereocenters. The fourth-order valence-electron chi connectivity index (χ4n) is 3.05. The number of hydrogen-bond donors (Lipinski definition) is 1. The van der Waals surface area contributed by atoms with Crippen LogP contribution in [-0.2, 0) is 0 Å². The van der Waals surface area contributed by atoms with Gasteiger partial charge in [-0.2, -0.15) is 0 Å². The van der Waals surface area contributed by atoms with Crippen molar-refractivity contribution in [1.82, 2.24) is 9.80 Å². The van der Waals surface area contributed by atoms with Crippen LogP contribution in [0.3, 0.4) is 0 Å². The van der Waals surface area contributed by atoms with Crippen LogP contribution in [0.5, 0.6) is 0 Å². The molecule has 0 radical (unpaired) electrons. The Labute approximate surface area is 151 Å². The summed E-state index contributed by atoms with van der Waals surface area (Å²) in [5.74, 6) is 0. The fraction of sp³-hybridized carbons (Fsp3) is 0.500. The molecule has 0 spiro atoms. The SMILES string of the molecule is CC(C)=CCN1CCN(C/C(Cl)=C/c2ccccc2)C[C@H]1CCO. The van der Waals surface area contributed by atoms with E-state index in [1.807, 2.05) is 24.3 Å². The van der Waals surface area contributed by atoms with E-state index in [-0.39, 0.29) is 6.61 Å². The molecule has 1 aromatic rings. The Morgan fingerprint density at radius 2 is 2.00 bits per heavy atom. The summed E-state index contributed by atoms with van der Waals surface area (Å²) in [7, 11) is 0. The van der Waals surface area contributed by atoms with Gasteiger partial charge in [0, 0.05) is 50.4 Å². The number of benzene rings is 1. The summed E-state index contributed by atoms with van der Waals surface area (Å²) in [4.78, 5) is 4.86. The largest absolute Gasteiger partial charge is 0.396 e. The Bertz CT molecular complexity index is 552. The Morgan fingerprint density at radius 3 is 2.67 bits per heavy atom. The molecule has 0 aromatic heterocycles. The zero-order chi connectivity index (χ0) is 17.4. The van der Waals surface area contributed by atoms with Crippen LogP contribution >= 0.6 is 11.6 Å². The van der Waals surface area contributed by atoms with E-state index in [0.717, 1.165) is 49.7 Å². The molecule has 2 rings (SSSR count). The predicted molar refractivity (Wildman–Crippen MR) is 103 cm³/mol. The molecule has 1 aromatic carbocycles. The van der Waals surface area contributed by atoms with Crippen molar-refractivity contribution in [3.05, 3.63) is 52.6 Å². The molecule has 4 heteroatoms. The molecule has 1 aliphatic heterocycles. The second kappa shape index (κ2) is 10.00. The number of allylic oxidation sites excluding steroid dienone is 1. The summed E-state index contributed by atoms with van der Waals surface area (Å²) in [6, 6.07) is 10.6. The van der Waals surface area contributed by atoms with E-state index in [1.54, 1.807) is 0 Å². The van der Waals surface area contributed by atoms with Gasteiger partial charge < -0.3 is 5.11 Å². The van der Waals surface area contributed by atoms with Crippen molar-refractivity contribution < 1.29 is 5.11 Å². The van der Waals surface area contributed by atoms with Gasteiger partial charge in [-0.05, 0) is 31.9 Å². The molecular formula is C20H29ClN2O. The first kappa shape index (κ1) is 19.2. The first-order valence-corrected chi connectivity index (χ1v) is 9.08. The summed E-state index contributed by atoms with van der Waals surface area (Å²) in [5, 5.41) is 10.2. The van der Waals surface area contributed by atoms with Crippen molar-refractivity contribution in [3.63, 3.8) is 0 Å². The lowest BCUT2D eigenvalue weighted by Crippen LogP contribution is -2.53. The summed E-state index contributed by atoms with van der Waals surface area (Å²) in [5.41, 5.74) is 2.48. The van der Waals surface area contributed by atoms with Gasteiger partial charge in [0.15, 0.2) is 0 Å². The molecular weight excluding hydrogens is 320 g/mol. The number of rotatable bonds is 7. The van der Waals surface area contributed by atoms with Crippen molar-refractivity contribution >= 4 is 17.7 Å². The highest BCUT2D eigenvalue weighted by atomic mass is 35.5. The van der Waals surface area contributed by atoms with Crippen molar-refractivity contribution in [3.8, 4) is 0 Å². The van der Waals surface area contributed by atoms with Gasteiger partial charge in [-0.25, -0.2) is 0 Å². The fourth-order valence-corrected chi connectivity index (χ4v) is 3.35. The molecule has 132 valence electrons. The lowest BCUT2D eigenvalue weighted by atomic mass is 10.1. The summed E-state index contributed by atoms with van der Waals surface area (Å²) in [6.07, 6.45) is 5.12. The first-order valence-electron chi connectivity index (χ1n) is 8.70. The van der Waals surface area contributed by atoms with Crippen molar-refractivity contribution in [1.29, 1.82) is 0 Å². The smallest absolute Gasteiger partial charge is 0.0446 e. The molecule has 0 saturated carbocycles. The minimum Gasteiger partial charge on any atom is -0.396 e. The van der Waals surface area contributed by atoms with Crippen LogP contribution in [0.25, 0.3) is 6.08 Å². The van der Waals surface area contributed by atoms with Crippen LogP contribution in [0.4, 0.5) is 0 Å². The standard InChI is InChI=1S/C20H29ClN2O/c1-17(2)8-10-23-12-11-22(16-20(23)9-13-24)15-19(21)14-18-6-4-3-5-7-18/h3-8,14,20,24H,9-13,15-16H2,1-2H3/b19-14-/t20-/m1/s1. The average Bonchev–Trinajstić information content (AvgIpc) is 2.55. The summed E-state index contributed by atoms with van der Waals surface area (Å²) < 4.78 is 0. The quantitative estimate of drug-likeness (QED) is 0.763. The molecule has 0 aliphatic carbocycles. The van der Waals surface area contributed by atoms with Gasteiger partial charge in [0.2, 0.25) is 0 Å². The van der Waals surface area contributed by atoms with Crippen LogP contribution in [0, 0.1) is 0 Å². The maximum Gasteiger partial charge on any atom is 0.0446 e. The molecule has 1 aliphatic rings. The van der Waals surface area contributed by atoms with Crippen molar-refractivity contribution in [2.24, 2.45) is 0 Å². The minimum absolute atomic E-state index is 0.234. The van der Waals surface area contributed by atoms with E-state index in [0.29, 0.717) is 6.04 Å². The van der Waals surface area contributed by atoms with Gasteiger partial charge in [0.25, 0.3) is 0 Å². The maximum absolute atomic E-state index is 9.38. The molecule has 1 heterocycles. The Morgan fingerprint density at radius 1 is 1.25 bits per heavy atom.